The number of hydrogen-bond acceptors (Lipinski definition) is 4. The van der Waals surface area contributed by atoms with Gasteiger partial charge in [-0.2, -0.15) is 5.26 Å². The molecule has 2 aliphatic rings. The highest BCUT2D eigenvalue weighted by atomic mass is 32.2. The molecule has 1 aromatic heterocycles. The number of nitriles is 1. The largest absolute Gasteiger partial charge is 0.228 e. The van der Waals surface area contributed by atoms with Gasteiger partial charge in [0.25, 0.3) is 0 Å². The second-order valence-corrected chi connectivity index (χ2v) is 14.3. The molecule has 2 heterocycles. The van der Waals surface area contributed by atoms with E-state index < -0.39 is 5.41 Å². The van der Waals surface area contributed by atoms with Gasteiger partial charge in [-0.3, -0.25) is 0 Å². The van der Waals surface area contributed by atoms with Gasteiger partial charge in [0.2, 0.25) is 0 Å². The Hall–Kier alpha value is -6.54. The molecule has 1 aliphatic heterocycles. The minimum Gasteiger partial charge on any atom is -0.228 e. The van der Waals surface area contributed by atoms with Gasteiger partial charge in [-0.25, -0.2) is 9.97 Å². The predicted octanol–water partition coefficient (Wildman–Crippen LogP) is 11.8. The molecule has 0 radical (unpaired) electrons. The molecule has 1 spiro atoms. The van der Waals surface area contributed by atoms with Crippen molar-refractivity contribution in [2.24, 2.45) is 0 Å². The Morgan fingerprint density at radius 3 is 1.63 bits per heavy atom. The fourth-order valence-corrected chi connectivity index (χ4v) is 9.45. The van der Waals surface area contributed by atoms with Crippen molar-refractivity contribution in [3.8, 4) is 62.2 Å². The molecule has 0 atom stereocenters. The van der Waals surface area contributed by atoms with Crippen molar-refractivity contribution in [1.29, 1.82) is 5.26 Å². The van der Waals surface area contributed by atoms with Gasteiger partial charge < -0.3 is 0 Å². The number of hydrogen-bond donors (Lipinski definition) is 0. The van der Waals surface area contributed by atoms with E-state index in [0.717, 1.165) is 44.8 Å². The van der Waals surface area contributed by atoms with Crippen molar-refractivity contribution in [2.75, 3.05) is 0 Å². The Labute approximate surface area is 307 Å². The third-order valence-electron chi connectivity index (χ3n) is 10.4. The molecule has 7 aromatic carbocycles. The smallest absolute Gasteiger partial charge is 0.160 e. The van der Waals surface area contributed by atoms with Crippen LogP contribution in [0.1, 0.15) is 27.8 Å². The second kappa shape index (κ2) is 12.1. The van der Waals surface area contributed by atoms with Crippen molar-refractivity contribution < 1.29 is 0 Å². The zero-order chi connectivity index (χ0) is 34.6. The molecule has 242 valence electrons. The molecule has 0 amide bonds. The van der Waals surface area contributed by atoms with Crippen LogP contribution in [-0.2, 0) is 5.41 Å². The first kappa shape index (κ1) is 30.3. The maximum atomic E-state index is 9.94. The highest BCUT2D eigenvalue weighted by Gasteiger charge is 2.51. The van der Waals surface area contributed by atoms with E-state index in [4.69, 9.17) is 9.97 Å². The molecule has 0 fully saturated rings. The van der Waals surface area contributed by atoms with Crippen LogP contribution in [0, 0.1) is 11.3 Å². The van der Waals surface area contributed by atoms with Crippen LogP contribution < -0.4 is 0 Å². The van der Waals surface area contributed by atoms with Gasteiger partial charge in [-0.05, 0) is 74.8 Å². The van der Waals surface area contributed by atoms with Crippen molar-refractivity contribution in [1.82, 2.24) is 9.97 Å². The fourth-order valence-electron chi connectivity index (χ4n) is 8.26. The van der Waals surface area contributed by atoms with E-state index in [1.54, 1.807) is 0 Å². The Bertz CT molecular complexity index is 2630. The quantitative estimate of drug-likeness (QED) is 0.186. The summed E-state index contributed by atoms with van der Waals surface area (Å²) in [5.41, 5.74) is 14.3. The number of aromatic nitrogens is 2. The van der Waals surface area contributed by atoms with Gasteiger partial charge in [-0.15, -0.1) is 0 Å². The molecule has 0 N–H and O–H groups in total. The lowest BCUT2D eigenvalue weighted by Gasteiger charge is -2.39. The molecule has 0 bridgehead atoms. The summed E-state index contributed by atoms with van der Waals surface area (Å²) in [6.07, 6.45) is 0. The zero-order valence-corrected chi connectivity index (χ0v) is 28.8. The Balaban J connectivity index is 1.35. The van der Waals surface area contributed by atoms with Crippen LogP contribution in [0.3, 0.4) is 0 Å². The third kappa shape index (κ3) is 4.53. The number of rotatable bonds is 4. The van der Waals surface area contributed by atoms with Crippen LogP contribution in [0.5, 0.6) is 0 Å². The summed E-state index contributed by atoms with van der Waals surface area (Å²) < 4.78 is 0. The molecule has 52 heavy (non-hydrogen) atoms. The molecular formula is C48H29N3S. The lowest BCUT2D eigenvalue weighted by atomic mass is 9.67. The van der Waals surface area contributed by atoms with E-state index in [1.165, 1.54) is 37.6 Å². The topological polar surface area (TPSA) is 49.6 Å². The molecule has 3 nitrogen and oxygen atoms in total. The molecule has 10 rings (SSSR count). The Morgan fingerprint density at radius 1 is 0.442 bits per heavy atom. The van der Waals surface area contributed by atoms with E-state index in [1.807, 2.05) is 54.2 Å². The molecule has 1 aliphatic carbocycles. The average Bonchev–Trinajstić information content (AvgIpc) is 3.52. The van der Waals surface area contributed by atoms with Gasteiger partial charge in [0, 0.05) is 26.5 Å². The van der Waals surface area contributed by atoms with Gasteiger partial charge in [0.05, 0.1) is 28.4 Å². The monoisotopic (exact) mass is 679 g/mol. The summed E-state index contributed by atoms with van der Waals surface area (Å²) in [6, 6.07) is 64.2. The maximum Gasteiger partial charge on any atom is 0.160 e. The number of nitrogens with zero attached hydrogens (tertiary/aromatic N) is 3. The first-order valence-corrected chi connectivity index (χ1v) is 18.2. The standard InChI is InChI=1S/C48H29N3S/c49-30-31-14-11-19-34(28-31)35-20-12-24-39-45(35)46-36(42-29-41(32-15-3-1-4-16-32)50-47(51-42)33-17-5-2-6-18-33)21-13-25-40(46)48(39)37-22-7-9-26-43(37)52-44-27-10-8-23-38(44)48/h1-29H. The van der Waals surface area contributed by atoms with Crippen LogP contribution in [0.25, 0.3) is 56.2 Å². The van der Waals surface area contributed by atoms with Crippen LogP contribution >= 0.6 is 11.8 Å². The molecule has 0 unspecified atom stereocenters. The third-order valence-corrected chi connectivity index (χ3v) is 11.5. The number of fused-ring (bicyclic) bond motifs is 9. The molecular weight excluding hydrogens is 651 g/mol. The molecule has 0 saturated carbocycles. The summed E-state index contributed by atoms with van der Waals surface area (Å²) in [5, 5.41) is 9.94. The van der Waals surface area contributed by atoms with E-state index in [2.05, 4.69) is 140 Å². The first-order valence-electron chi connectivity index (χ1n) is 17.4. The SMILES string of the molecule is N#Cc1cccc(-c2cccc3c2-c2c(-c4cc(-c5ccccc5)nc(-c5ccccc5)n4)cccc2C32c3ccccc3Sc3ccccc32)c1. The van der Waals surface area contributed by atoms with Crippen LogP contribution in [0.15, 0.2) is 186 Å². The minimum atomic E-state index is -0.570. The van der Waals surface area contributed by atoms with E-state index >= 15 is 0 Å². The summed E-state index contributed by atoms with van der Waals surface area (Å²) in [5.74, 6) is 0.683. The van der Waals surface area contributed by atoms with Crippen molar-refractivity contribution in [3.05, 3.63) is 204 Å². The van der Waals surface area contributed by atoms with Gasteiger partial charge >= 0.3 is 0 Å². The van der Waals surface area contributed by atoms with Crippen LogP contribution in [0.4, 0.5) is 0 Å². The molecule has 0 saturated heterocycles. The van der Waals surface area contributed by atoms with Crippen molar-refractivity contribution >= 4 is 11.8 Å². The molecule has 4 heteroatoms. The average molecular weight is 680 g/mol. The normalized spacial score (nSPS) is 13.1. The summed E-state index contributed by atoms with van der Waals surface area (Å²) in [4.78, 5) is 13.0. The van der Waals surface area contributed by atoms with E-state index in [0.29, 0.717) is 11.4 Å². The lowest BCUT2D eigenvalue weighted by Crippen LogP contribution is -2.31. The first-order chi connectivity index (χ1) is 25.7. The van der Waals surface area contributed by atoms with Gasteiger partial charge in [0.15, 0.2) is 5.82 Å². The second-order valence-electron chi connectivity index (χ2n) is 13.2. The maximum absolute atomic E-state index is 9.94. The van der Waals surface area contributed by atoms with Crippen molar-refractivity contribution in [3.63, 3.8) is 0 Å². The summed E-state index contributed by atoms with van der Waals surface area (Å²) in [6.45, 7) is 0. The summed E-state index contributed by atoms with van der Waals surface area (Å²) in [7, 11) is 0. The Kier molecular flexibility index (Phi) is 7.02. The molecule has 8 aromatic rings. The highest BCUT2D eigenvalue weighted by Crippen LogP contribution is 2.64. The van der Waals surface area contributed by atoms with Gasteiger partial charge in [0.1, 0.15) is 0 Å². The van der Waals surface area contributed by atoms with Crippen LogP contribution in [-0.4, -0.2) is 9.97 Å². The number of benzene rings is 7. The summed E-state index contributed by atoms with van der Waals surface area (Å²) >= 11 is 1.84. The van der Waals surface area contributed by atoms with Crippen molar-refractivity contribution in [2.45, 2.75) is 15.2 Å². The van der Waals surface area contributed by atoms with Gasteiger partial charge in [-0.1, -0.05) is 157 Å². The fraction of sp³-hybridized carbons (Fsp3) is 0.0208. The van der Waals surface area contributed by atoms with E-state index in [9.17, 15) is 5.26 Å². The highest BCUT2D eigenvalue weighted by molar-refractivity contribution is 7.99. The Morgan fingerprint density at radius 2 is 0.962 bits per heavy atom. The van der Waals surface area contributed by atoms with Crippen LogP contribution in [0.2, 0.25) is 0 Å². The minimum absolute atomic E-state index is 0.570. The van der Waals surface area contributed by atoms with E-state index in [-0.39, 0.29) is 0 Å². The lowest BCUT2D eigenvalue weighted by molar-refractivity contribution is 0.722. The predicted molar refractivity (Wildman–Crippen MR) is 210 cm³/mol. The zero-order valence-electron chi connectivity index (χ0n) is 28.0.